The standard InChI is InChI=1S/C19H21N3O5S/c1-14-5-4-12-21(13-14)28(26,27)16-10-8-15(9-11-16)20-19(23)17-6-2-3-7-18(17)22(24)25/h2-3,6-11,14H,4-5,12-13H2,1H3,(H,20,23). The first-order valence-electron chi connectivity index (χ1n) is 8.94. The van der Waals surface area contributed by atoms with Crippen LogP contribution in [0.25, 0.3) is 0 Å². The van der Waals surface area contributed by atoms with Crippen molar-refractivity contribution in [2.24, 2.45) is 5.92 Å². The zero-order valence-electron chi connectivity index (χ0n) is 15.4. The van der Waals surface area contributed by atoms with Crippen LogP contribution in [0.3, 0.4) is 0 Å². The van der Waals surface area contributed by atoms with Gasteiger partial charge in [-0.2, -0.15) is 4.31 Å². The molecule has 1 atom stereocenters. The summed E-state index contributed by atoms with van der Waals surface area (Å²) in [6.07, 6.45) is 1.85. The second kappa shape index (κ2) is 8.07. The number of piperidine rings is 1. The van der Waals surface area contributed by atoms with E-state index < -0.39 is 20.9 Å². The number of nitrogens with zero attached hydrogens (tertiary/aromatic N) is 2. The lowest BCUT2D eigenvalue weighted by Gasteiger charge is -2.30. The molecule has 0 aliphatic carbocycles. The number of nitro groups is 1. The van der Waals surface area contributed by atoms with Crippen LogP contribution < -0.4 is 5.32 Å². The number of benzene rings is 2. The molecule has 1 aliphatic heterocycles. The molecule has 1 fully saturated rings. The van der Waals surface area contributed by atoms with Crippen LogP contribution in [-0.2, 0) is 10.0 Å². The van der Waals surface area contributed by atoms with Gasteiger partial charge in [-0.25, -0.2) is 8.42 Å². The lowest BCUT2D eigenvalue weighted by molar-refractivity contribution is -0.385. The number of para-hydroxylation sites is 1. The van der Waals surface area contributed by atoms with Crippen LogP contribution in [0.1, 0.15) is 30.1 Å². The third-order valence-corrected chi connectivity index (χ3v) is 6.59. The summed E-state index contributed by atoms with van der Waals surface area (Å²) in [4.78, 5) is 23.0. The highest BCUT2D eigenvalue weighted by Crippen LogP contribution is 2.25. The Balaban J connectivity index is 1.76. The smallest absolute Gasteiger partial charge is 0.282 e. The highest BCUT2D eigenvalue weighted by molar-refractivity contribution is 7.89. The molecule has 0 saturated carbocycles. The summed E-state index contributed by atoms with van der Waals surface area (Å²) in [5.41, 5.74) is -0.000896. The molecule has 2 aromatic rings. The normalized spacial score (nSPS) is 17.8. The molecule has 1 heterocycles. The van der Waals surface area contributed by atoms with Gasteiger partial charge in [0.05, 0.1) is 9.82 Å². The fourth-order valence-corrected chi connectivity index (χ4v) is 4.85. The molecule has 2 aromatic carbocycles. The van der Waals surface area contributed by atoms with Crippen molar-refractivity contribution >= 4 is 27.3 Å². The number of amides is 1. The van der Waals surface area contributed by atoms with Gasteiger partial charge in [-0.15, -0.1) is 0 Å². The van der Waals surface area contributed by atoms with Gasteiger partial charge >= 0.3 is 0 Å². The van der Waals surface area contributed by atoms with E-state index in [1.165, 1.54) is 52.8 Å². The Bertz CT molecular complexity index is 989. The Hall–Kier alpha value is -2.78. The molecule has 0 bridgehead atoms. The SMILES string of the molecule is CC1CCCN(S(=O)(=O)c2ccc(NC(=O)c3ccccc3[N+](=O)[O-])cc2)C1. The zero-order valence-corrected chi connectivity index (χ0v) is 16.2. The maximum atomic E-state index is 12.8. The number of anilines is 1. The van der Waals surface area contributed by atoms with Crippen molar-refractivity contribution in [3.8, 4) is 0 Å². The van der Waals surface area contributed by atoms with Crippen LogP contribution in [0.2, 0.25) is 0 Å². The van der Waals surface area contributed by atoms with Crippen LogP contribution in [0.5, 0.6) is 0 Å². The molecule has 8 nitrogen and oxygen atoms in total. The minimum atomic E-state index is -3.58. The topological polar surface area (TPSA) is 110 Å². The van der Waals surface area contributed by atoms with Gasteiger partial charge in [0, 0.05) is 24.8 Å². The van der Waals surface area contributed by atoms with E-state index in [1.807, 2.05) is 6.92 Å². The molecular weight excluding hydrogens is 382 g/mol. The van der Waals surface area contributed by atoms with Crippen molar-refractivity contribution in [1.82, 2.24) is 4.31 Å². The molecule has 1 N–H and O–H groups in total. The Morgan fingerprint density at radius 1 is 1.18 bits per heavy atom. The number of carbonyl (C=O) groups is 1. The number of nitro benzene ring substituents is 1. The predicted molar refractivity (Wildman–Crippen MR) is 105 cm³/mol. The molecule has 1 aliphatic rings. The molecule has 1 amide bonds. The molecule has 148 valence electrons. The number of rotatable bonds is 5. The van der Waals surface area contributed by atoms with E-state index in [-0.39, 0.29) is 16.1 Å². The van der Waals surface area contributed by atoms with Gasteiger partial charge in [-0.05, 0) is 49.1 Å². The van der Waals surface area contributed by atoms with E-state index in [1.54, 1.807) is 0 Å². The summed E-state index contributed by atoms with van der Waals surface area (Å²) in [5, 5.41) is 13.6. The number of hydrogen-bond donors (Lipinski definition) is 1. The van der Waals surface area contributed by atoms with Gasteiger partial charge in [-0.3, -0.25) is 14.9 Å². The van der Waals surface area contributed by atoms with Crippen molar-refractivity contribution in [2.45, 2.75) is 24.7 Å². The predicted octanol–water partition coefficient (Wildman–Crippen LogP) is 3.27. The fourth-order valence-electron chi connectivity index (χ4n) is 3.25. The highest BCUT2D eigenvalue weighted by Gasteiger charge is 2.28. The minimum absolute atomic E-state index is 0.0634. The van der Waals surface area contributed by atoms with Gasteiger partial charge in [0.1, 0.15) is 5.56 Å². The molecule has 9 heteroatoms. The molecule has 3 rings (SSSR count). The Labute approximate surface area is 163 Å². The maximum absolute atomic E-state index is 12.8. The third-order valence-electron chi connectivity index (χ3n) is 4.72. The molecule has 28 heavy (non-hydrogen) atoms. The summed E-state index contributed by atoms with van der Waals surface area (Å²) >= 11 is 0. The Kier molecular flexibility index (Phi) is 5.76. The van der Waals surface area contributed by atoms with Crippen LogP contribution in [0.15, 0.2) is 53.4 Å². The van der Waals surface area contributed by atoms with E-state index in [0.29, 0.717) is 24.7 Å². The van der Waals surface area contributed by atoms with Crippen molar-refractivity contribution in [2.75, 3.05) is 18.4 Å². The lowest BCUT2D eigenvalue weighted by atomic mass is 10.0. The summed E-state index contributed by atoms with van der Waals surface area (Å²) in [5.74, 6) is -0.309. The monoisotopic (exact) mass is 403 g/mol. The van der Waals surface area contributed by atoms with E-state index in [4.69, 9.17) is 0 Å². The quantitative estimate of drug-likeness (QED) is 0.609. The molecular formula is C19H21N3O5S. The molecule has 1 unspecified atom stereocenters. The summed E-state index contributed by atoms with van der Waals surface area (Å²) < 4.78 is 27.0. The van der Waals surface area contributed by atoms with Gasteiger partial charge in [-0.1, -0.05) is 19.1 Å². The fraction of sp³-hybridized carbons (Fsp3) is 0.316. The molecule has 0 spiro atoms. The highest BCUT2D eigenvalue weighted by atomic mass is 32.2. The number of sulfonamides is 1. The second-order valence-electron chi connectivity index (χ2n) is 6.86. The van der Waals surface area contributed by atoms with Crippen molar-refractivity contribution in [1.29, 1.82) is 0 Å². The third kappa shape index (κ3) is 4.20. The van der Waals surface area contributed by atoms with Gasteiger partial charge < -0.3 is 5.32 Å². The first kappa shape index (κ1) is 20.0. The van der Waals surface area contributed by atoms with Crippen molar-refractivity contribution < 1.29 is 18.1 Å². The molecule has 1 saturated heterocycles. The van der Waals surface area contributed by atoms with Crippen molar-refractivity contribution in [3.05, 3.63) is 64.2 Å². The van der Waals surface area contributed by atoms with Crippen molar-refractivity contribution in [3.63, 3.8) is 0 Å². The zero-order chi connectivity index (χ0) is 20.3. The largest absolute Gasteiger partial charge is 0.322 e. The van der Waals surface area contributed by atoms with Crippen LogP contribution in [-0.4, -0.2) is 36.6 Å². The first-order valence-corrected chi connectivity index (χ1v) is 10.4. The Morgan fingerprint density at radius 3 is 2.50 bits per heavy atom. The molecule has 0 aromatic heterocycles. The van der Waals surface area contributed by atoms with E-state index in [9.17, 15) is 23.3 Å². The minimum Gasteiger partial charge on any atom is -0.322 e. The van der Waals surface area contributed by atoms with Crippen LogP contribution in [0, 0.1) is 16.0 Å². The van der Waals surface area contributed by atoms with Gasteiger partial charge in [0.25, 0.3) is 11.6 Å². The second-order valence-corrected chi connectivity index (χ2v) is 8.80. The average Bonchev–Trinajstić information content (AvgIpc) is 2.68. The van der Waals surface area contributed by atoms with Crippen LogP contribution >= 0.6 is 0 Å². The van der Waals surface area contributed by atoms with E-state index >= 15 is 0 Å². The van der Waals surface area contributed by atoms with Gasteiger partial charge in [0.15, 0.2) is 0 Å². The average molecular weight is 403 g/mol. The Morgan fingerprint density at radius 2 is 1.86 bits per heavy atom. The van der Waals surface area contributed by atoms with Gasteiger partial charge in [0.2, 0.25) is 10.0 Å². The van der Waals surface area contributed by atoms with Crippen LogP contribution in [0.4, 0.5) is 11.4 Å². The van der Waals surface area contributed by atoms with E-state index in [0.717, 1.165) is 12.8 Å². The summed E-state index contributed by atoms with van der Waals surface area (Å²) in [6.45, 7) is 3.03. The number of hydrogen-bond acceptors (Lipinski definition) is 5. The molecule has 0 radical (unpaired) electrons. The lowest BCUT2D eigenvalue weighted by Crippen LogP contribution is -2.39. The first-order chi connectivity index (χ1) is 13.3. The van der Waals surface area contributed by atoms with E-state index in [2.05, 4.69) is 5.32 Å². The maximum Gasteiger partial charge on any atom is 0.282 e. The number of nitrogens with one attached hydrogen (secondary N) is 1. The summed E-state index contributed by atoms with van der Waals surface area (Å²) in [7, 11) is -3.58. The number of carbonyl (C=O) groups excluding carboxylic acids is 1. The summed E-state index contributed by atoms with van der Waals surface area (Å²) in [6, 6.07) is 11.5.